The molecule has 0 unspecified atom stereocenters. The molecule has 0 spiro atoms. The van der Waals surface area contributed by atoms with Crippen molar-refractivity contribution >= 4 is 23.5 Å². The van der Waals surface area contributed by atoms with Crippen LogP contribution in [0.3, 0.4) is 0 Å². The maximum atomic E-state index is 12.5. The Morgan fingerprint density at radius 3 is 2.47 bits per heavy atom. The van der Waals surface area contributed by atoms with Crippen LogP contribution in [0, 0.1) is 0 Å². The average Bonchev–Trinajstić information content (AvgIpc) is 2.33. The topological polar surface area (TPSA) is 55.4 Å². The van der Waals surface area contributed by atoms with Gasteiger partial charge in [0.1, 0.15) is 6.54 Å². The maximum absolute atomic E-state index is 12.5. The van der Waals surface area contributed by atoms with E-state index in [2.05, 4.69) is 10.1 Å². The van der Waals surface area contributed by atoms with Crippen molar-refractivity contribution in [3.8, 4) is 0 Å². The Bertz CT molecular complexity index is 502. The van der Waals surface area contributed by atoms with Gasteiger partial charge < -0.3 is 10.1 Å². The van der Waals surface area contributed by atoms with Gasteiger partial charge in [-0.25, -0.2) is 0 Å². The molecule has 1 aromatic carbocycles. The minimum Gasteiger partial charge on any atom is -0.468 e. The smallest absolute Gasteiger partial charge is 0.416 e. The molecule has 19 heavy (non-hydrogen) atoms. The van der Waals surface area contributed by atoms with E-state index in [0.29, 0.717) is 12.1 Å². The Morgan fingerprint density at radius 2 is 1.95 bits per heavy atom. The van der Waals surface area contributed by atoms with Crippen LogP contribution in [0.4, 0.5) is 13.2 Å². The van der Waals surface area contributed by atoms with Crippen LogP contribution in [0.25, 0.3) is 0 Å². The van der Waals surface area contributed by atoms with E-state index in [4.69, 9.17) is 11.6 Å². The molecular weight excluding hydrogens is 287 g/mol. The normalized spacial score (nSPS) is 11.0. The third kappa shape index (κ3) is 4.44. The Kier molecular flexibility index (Phi) is 4.77. The second kappa shape index (κ2) is 5.92. The SMILES string of the molecule is COC(=O)CNC(=O)c1cc(Cl)cc(C(F)(F)F)c1. The molecule has 0 radical (unpaired) electrons. The van der Waals surface area contributed by atoms with Gasteiger partial charge in [-0.2, -0.15) is 13.2 Å². The predicted molar refractivity (Wildman–Crippen MR) is 60.8 cm³/mol. The fourth-order valence-electron chi connectivity index (χ4n) is 1.21. The molecule has 0 aromatic heterocycles. The van der Waals surface area contributed by atoms with E-state index in [1.165, 1.54) is 0 Å². The highest BCUT2D eigenvalue weighted by atomic mass is 35.5. The first-order chi connectivity index (χ1) is 8.74. The van der Waals surface area contributed by atoms with Gasteiger partial charge in [-0.15, -0.1) is 0 Å². The lowest BCUT2D eigenvalue weighted by molar-refractivity contribution is -0.139. The Balaban J connectivity index is 2.92. The molecule has 0 aliphatic heterocycles. The lowest BCUT2D eigenvalue weighted by atomic mass is 10.1. The fourth-order valence-corrected chi connectivity index (χ4v) is 1.45. The average molecular weight is 296 g/mol. The van der Waals surface area contributed by atoms with Crippen LogP contribution in [0.15, 0.2) is 18.2 Å². The van der Waals surface area contributed by atoms with Crippen LogP contribution >= 0.6 is 11.6 Å². The van der Waals surface area contributed by atoms with Crippen LogP contribution in [-0.2, 0) is 15.7 Å². The number of ether oxygens (including phenoxy) is 1. The van der Waals surface area contributed by atoms with E-state index in [1.54, 1.807) is 0 Å². The van der Waals surface area contributed by atoms with Gasteiger partial charge in [0.25, 0.3) is 5.91 Å². The molecule has 1 N–H and O–H groups in total. The molecule has 0 aliphatic carbocycles. The highest BCUT2D eigenvalue weighted by Crippen LogP contribution is 2.31. The summed E-state index contributed by atoms with van der Waals surface area (Å²) in [5.41, 5.74) is -1.33. The molecule has 1 rings (SSSR count). The lowest BCUT2D eigenvalue weighted by Gasteiger charge is -2.10. The quantitative estimate of drug-likeness (QED) is 0.870. The van der Waals surface area contributed by atoms with Crippen molar-refractivity contribution < 1.29 is 27.5 Å². The lowest BCUT2D eigenvalue weighted by Crippen LogP contribution is -2.30. The van der Waals surface area contributed by atoms with E-state index >= 15 is 0 Å². The first-order valence-corrected chi connectivity index (χ1v) is 5.34. The number of nitrogens with one attached hydrogen (secondary N) is 1. The number of rotatable bonds is 3. The monoisotopic (exact) mass is 295 g/mol. The van der Waals surface area contributed by atoms with Gasteiger partial charge in [-0.1, -0.05) is 11.6 Å². The zero-order chi connectivity index (χ0) is 14.6. The molecule has 4 nitrogen and oxygen atoms in total. The second-order valence-corrected chi connectivity index (χ2v) is 3.92. The standard InChI is InChI=1S/C11H9ClF3NO3/c1-19-9(17)5-16-10(18)6-2-7(11(13,14)15)4-8(12)3-6/h2-4H,5H2,1H3,(H,16,18). The van der Waals surface area contributed by atoms with Crippen molar-refractivity contribution in [2.45, 2.75) is 6.18 Å². The predicted octanol–water partition coefficient (Wildman–Crippen LogP) is 2.26. The van der Waals surface area contributed by atoms with Crippen LogP contribution in [0.5, 0.6) is 0 Å². The summed E-state index contributed by atoms with van der Waals surface area (Å²) in [4.78, 5) is 22.3. The maximum Gasteiger partial charge on any atom is 0.416 e. The molecule has 1 aromatic rings. The molecule has 1 amide bonds. The molecule has 0 aliphatic rings. The summed E-state index contributed by atoms with van der Waals surface area (Å²) in [5, 5.41) is 1.89. The summed E-state index contributed by atoms with van der Waals surface area (Å²) in [5.74, 6) is -1.56. The summed E-state index contributed by atoms with van der Waals surface area (Å²) < 4.78 is 41.8. The largest absolute Gasteiger partial charge is 0.468 e. The summed E-state index contributed by atoms with van der Waals surface area (Å²) in [6.07, 6.45) is -4.61. The Morgan fingerprint density at radius 1 is 1.32 bits per heavy atom. The third-order valence-electron chi connectivity index (χ3n) is 2.11. The van der Waals surface area contributed by atoms with Gasteiger partial charge in [0.2, 0.25) is 0 Å². The van der Waals surface area contributed by atoms with Gasteiger partial charge in [0.05, 0.1) is 12.7 Å². The van der Waals surface area contributed by atoms with Crippen LogP contribution < -0.4 is 5.32 Å². The van der Waals surface area contributed by atoms with E-state index < -0.39 is 30.2 Å². The van der Waals surface area contributed by atoms with Crippen LogP contribution in [-0.4, -0.2) is 25.5 Å². The van der Waals surface area contributed by atoms with Crippen LogP contribution in [0.2, 0.25) is 5.02 Å². The van der Waals surface area contributed by atoms with Crippen molar-refractivity contribution in [2.24, 2.45) is 0 Å². The number of alkyl halides is 3. The number of hydrogen-bond donors (Lipinski definition) is 1. The molecule has 0 saturated heterocycles. The summed E-state index contributed by atoms with van der Waals surface area (Å²) >= 11 is 5.52. The fraction of sp³-hybridized carbons (Fsp3) is 0.273. The molecule has 8 heteroatoms. The first-order valence-electron chi connectivity index (χ1n) is 4.97. The van der Waals surface area contributed by atoms with E-state index in [9.17, 15) is 22.8 Å². The van der Waals surface area contributed by atoms with Crippen molar-refractivity contribution in [1.82, 2.24) is 5.32 Å². The molecule has 0 heterocycles. The van der Waals surface area contributed by atoms with Crippen molar-refractivity contribution in [1.29, 1.82) is 0 Å². The van der Waals surface area contributed by atoms with Gasteiger partial charge in [0.15, 0.2) is 0 Å². The highest BCUT2D eigenvalue weighted by molar-refractivity contribution is 6.31. The van der Waals surface area contributed by atoms with Gasteiger partial charge in [-0.3, -0.25) is 9.59 Å². The number of amides is 1. The van der Waals surface area contributed by atoms with E-state index in [0.717, 1.165) is 13.2 Å². The Hall–Kier alpha value is -1.76. The number of halogens is 4. The van der Waals surface area contributed by atoms with Crippen molar-refractivity contribution in [3.05, 3.63) is 34.3 Å². The second-order valence-electron chi connectivity index (χ2n) is 3.49. The zero-order valence-corrected chi connectivity index (χ0v) is 10.4. The minimum atomic E-state index is -4.61. The van der Waals surface area contributed by atoms with Crippen LogP contribution in [0.1, 0.15) is 15.9 Å². The molecule has 0 saturated carbocycles. The van der Waals surface area contributed by atoms with E-state index in [-0.39, 0.29) is 10.6 Å². The number of esters is 1. The number of methoxy groups -OCH3 is 1. The first kappa shape index (κ1) is 15.3. The van der Waals surface area contributed by atoms with Gasteiger partial charge in [-0.05, 0) is 18.2 Å². The van der Waals surface area contributed by atoms with Crippen molar-refractivity contribution in [3.63, 3.8) is 0 Å². The molecule has 0 atom stereocenters. The number of carbonyl (C=O) groups excluding carboxylic acids is 2. The van der Waals surface area contributed by atoms with Crippen molar-refractivity contribution in [2.75, 3.05) is 13.7 Å². The molecule has 0 bridgehead atoms. The number of hydrogen-bond acceptors (Lipinski definition) is 3. The highest BCUT2D eigenvalue weighted by Gasteiger charge is 2.31. The van der Waals surface area contributed by atoms with E-state index in [1.807, 2.05) is 0 Å². The number of carbonyl (C=O) groups is 2. The molecule has 0 fully saturated rings. The third-order valence-corrected chi connectivity index (χ3v) is 2.33. The molecular formula is C11H9ClF3NO3. The van der Waals surface area contributed by atoms with Gasteiger partial charge >= 0.3 is 12.1 Å². The molecule has 104 valence electrons. The Labute approximate surface area is 111 Å². The summed E-state index contributed by atoms with van der Waals surface area (Å²) in [7, 11) is 1.12. The summed E-state index contributed by atoms with van der Waals surface area (Å²) in [6.45, 7) is -0.441. The van der Waals surface area contributed by atoms with Gasteiger partial charge in [0, 0.05) is 10.6 Å². The summed E-state index contributed by atoms with van der Waals surface area (Å²) in [6, 6.07) is 2.43. The number of benzene rings is 1. The minimum absolute atomic E-state index is 0.224. The zero-order valence-electron chi connectivity index (χ0n) is 9.68.